The lowest BCUT2D eigenvalue weighted by Crippen LogP contribution is -2.38. The van der Waals surface area contributed by atoms with Gasteiger partial charge in [-0.2, -0.15) is 0 Å². The Bertz CT molecular complexity index is 712. The molecule has 1 N–H and O–H groups in total. The molecule has 1 saturated heterocycles. The Balaban J connectivity index is 1.54. The van der Waals surface area contributed by atoms with Crippen molar-refractivity contribution in [3.8, 4) is 17.2 Å². The van der Waals surface area contributed by atoms with Gasteiger partial charge in [-0.15, -0.1) is 0 Å². The van der Waals surface area contributed by atoms with E-state index in [0.29, 0.717) is 6.04 Å². The van der Waals surface area contributed by atoms with Gasteiger partial charge in [0.25, 0.3) is 0 Å². The molecule has 0 unspecified atom stereocenters. The predicted molar refractivity (Wildman–Crippen MR) is 104 cm³/mol. The van der Waals surface area contributed by atoms with Gasteiger partial charge >= 0.3 is 0 Å². The van der Waals surface area contributed by atoms with E-state index in [1.807, 2.05) is 24.3 Å². The number of nitrogens with zero attached hydrogens (tertiary/aromatic N) is 1. The topological polar surface area (TPSA) is 43.0 Å². The largest absolute Gasteiger partial charge is 0.497 e. The van der Waals surface area contributed by atoms with Crippen LogP contribution in [0.3, 0.4) is 0 Å². The Morgan fingerprint density at radius 3 is 2.35 bits per heavy atom. The first-order chi connectivity index (χ1) is 12.7. The third kappa shape index (κ3) is 4.61. The third-order valence-electron chi connectivity index (χ3n) is 4.90. The van der Waals surface area contributed by atoms with Gasteiger partial charge in [-0.05, 0) is 42.7 Å². The van der Waals surface area contributed by atoms with Gasteiger partial charge in [-0.25, -0.2) is 0 Å². The molecule has 0 radical (unpaired) electrons. The van der Waals surface area contributed by atoms with E-state index >= 15 is 0 Å². The number of hydrogen-bond acceptors (Lipinski definition) is 5. The second-order valence-electron chi connectivity index (χ2n) is 6.61. The highest BCUT2D eigenvalue weighted by molar-refractivity contribution is 5.59. The molecule has 1 fully saturated rings. The molecule has 0 amide bonds. The zero-order valence-electron chi connectivity index (χ0n) is 15.8. The van der Waals surface area contributed by atoms with E-state index in [0.717, 1.165) is 55.4 Å². The molecule has 26 heavy (non-hydrogen) atoms. The summed E-state index contributed by atoms with van der Waals surface area (Å²) < 4.78 is 16.1. The highest BCUT2D eigenvalue weighted by Crippen LogP contribution is 2.31. The van der Waals surface area contributed by atoms with Gasteiger partial charge in [0.2, 0.25) is 0 Å². The van der Waals surface area contributed by atoms with Gasteiger partial charge in [0, 0.05) is 31.7 Å². The minimum Gasteiger partial charge on any atom is -0.497 e. The first-order valence-electron chi connectivity index (χ1n) is 9.05. The van der Waals surface area contributed by atoms with Gasteiger partial charge in [0.1, 0.15) is 17.2 Å². The Morgan fingerprint density at radius 1 is 0.923 bits per heavy atom. The third-order valence-corrected chi connectivity index (χ3v) is 4.90. The van der Waals surface area contributed by atoms with Crippen molar-refractivity contribution in [1.82, 2.24) is 4.90 Å². The van der Waals surface area contributed by atoms with E-state index < -0.39 is 0 Å². The molecule has 1 aliphatic heterocycles. The van der Waals surface area contributed by atoms with Gasteiger partial charge in [-0.1, -0.05) is 12.1 Å². The molecule has 0 saturated carbocycles. The van der Waals surface area contributed by atoms with E-state index in [-0.39, 0.29) is 0 Å². The van der Waals surface area contributed by atoms with Crippen LogP contribution in [0.15, 0.2) is 42.5 Å². The zero-order valence-corrected chi connectivity index (χ0v) is 15.8. The summed E-state index contributed by atoms with van der Waals surface area (Å²) in [5, 5.41) is 3.63. The van der Waals surface area contributed by atoms with Crippen LogP contribution in [0.1, 0.15) is 18.4 Å². The molecule has 0 aliphatic carbocycles. The van der Waals surface area contributed by atoms with E-state index in [1.165, 1.54) is 5.56 Å². The van der Waals surface area contributed by atoms with Crippen LogP contribution in [0.25, 0.3) is 0 Å². The highest BCUT2D eigenvalue weighted by atomic mass is 16.5. The smallest absolute Gasteiger partial charge is 0.145 e. The van der Waals surface area contributed by atoms with Gasteiger partial charge < -0.3 is 19.5 Å². The lowest BCUT2D eigenvalue weighted by Gasteiger charge is -2.33. The maximum absolute atomic E-state index is 5.49. The lowest BCUT2D eigenvalue weighted by atomic mass is 10.0. The summed E-state index contributed by atoms with van der Waals surface area (Å²) in [5.41, 5.74) is 2.33. The van der Waals surface area contributed by atoms with E-state index in [1.54, 1.807) is 21.3 Å². The minimum atomic E-state index is 0.457. The summed E-state index contributed by atoms with van der Waals surface area (Å²) in [6.07, 6.45) is 2.22. The quantitative estimate of drug-likeness (QED) is 0.818. The number of benzene rings is 2. The van der Waals surface area contributed by atoms with Crippen molar-refractivity contribution >= 4 is 5.69 Å². The summed E-state index contributed by atoms with van der Waals surface area (Å²) in [5.74, 6) is 2.55. The molecule has 3 rings (SSSR count). The first kappa shape index (κ1) is 18.4. The first-order valence-corrected chi connectivity index (χ1v) is 9.05. The summed E-state index contributed by atoms with van der Waals surface area (Å²) >= 11 is 0. The van der Waals surface area contributed by atoms with Crippen LogP contribution in [-0.4, -0.2) is 45.4 Å². The van der Waals surface area contributed by atoms with Crippen LogP contribution < -0.4 is 19.5 Å². The Hall–Kier alpha value is -2.40. The fourth-order valence-corrected chi connectivity index (χ4v) is 3.40. The molecule has 5 nitrogen and oxygen atoms in total. The van der Waals surface area contributed by atoms with E-state index in [9.17, 15) is 0 Å². The molecule has 5 heteroatoms. The van der Waals surface area contributed by atoms with Crippen molar-refractivity contribution < 1.29 is 14.2 Å². The van der Waals surface area contributed by atoms with Crippen LogP contribution in [0.2, 0.25) is 0 Å². The average molecular weight is 356 g/mol. The van der Waals surface area contributed by atoms with Crippen LogP contribution in [0.4, 0.5) is 5.69 Å². The van der Waals surface area contributed by atoms with Crippen molar-refractivity contribution in [1.29, 1.82) is 0 Å². The highest BCUT2D eigenvalue weighted by Gasteiger charge is 2.20. The number of nitrogens with one attached hydrogen (secondary N) is 1. The minimum absolute atomic E-state index is 0.457. The molecule has 0 spiro atoms. The number of hydrogen-bond donors (Lipinski definition) is 1. The van der Waals surface area contributed by atoms with Gasteiger partial charge in [0.15, 0.2) is 0 Å². The maximum Gasteiger partial charge on any atom is 0.145 e. The Kier molecular flexibility index (Phi) is 6.23. The van der Waals surface area contributed by atoms with E-state index in [4.69, 9.17) is 14.2 Å². The second-order valence-corrected chi connectivity index (χ2v) is 6.61. The van der Waals surface area contributed by atoms with Crippen LogP contribution in [-0.2, 0) is 6.54 Å². The summed E-state index contributed by atoms with van der Waals surface area (Å²) in [6, 6.07) is 14.7. The van der Waals surface area contributed by atoms with Crippen molar-refractivity contribution in [3.63, 3.8) is 0 Å². The molecule has 0 bridgehead atoms. The average Bonchev–Trinajstić information content (AvgIpc) is 2.70. The lowest BCUT2D eigenvalue weighted by molar-refractivity contribution is 0.211. The summed E-state index contributed by atoms with van der Waals surface area (Å²) in [6.45, 7) is 3.12. The molecule has 2 aromatic carbocycles. The molecule has 0 aromatic heterocycles. The number of ether oxygens (including phenoxy) is 3. The van der Waals surface area contributed by atoms with Crippen molar-refractivity contribution in [2.45, 2.75) is 25.4 Å². The van der Waals surface area contributed by atoms with Crippen molar-refractivity contribution in [2.24, 2.45) is 0 Å². The van der Waals surface area contributed by atoms with Crippen LogP contribution in [0.5, 0.6) is 17.2 Å². The summed E-state index contributed by atoms with van der Waals surface area (Å²) in [7, 11) is 5.07. The van der Waals surface area contributed by atoms with Crippen LogP contribution in [0, 0.1) is 0 Å². The fraction of sp³-hybridized carbons (Fsp3) is 0.429. The number of rotatable bonds is 7. The molecule has 0 atom stereocenters. The maximum atomic E-state index is 5.49. The van der Waals surface area contributed by atoms with Gasteiger partial charge in [-0.3, -0.25) is 4.90 Å². The zero-order chi connectivity index (χ0) is 18.4. The van der Waals surface area contributed by atoms with Crippen molar-refractivity contribution in [2.75, 3.05) is 39.7 Å². The summed E-state index contributed by atoms with van der Waals surface area (Å²) in [4.78, 5) is 2.50. The normalized spacial score (nSPS) is 15.5. The molecule has 1 heterocycles. The molecule has 1 aliphatic rings. The van der Waals surface area contributed by atoms with Crippen LogP contribution >= 0.6 is 0 Å². The molecule has 140 valence electrons. The van der Waals surface area contributed by atoms with Crippen molar-refractivity contribution in [3.05, 3.63) is 48.0 Å². The standard InChI is InChI=1S/C21H28N2O3/c1-24-18-6-4-5-16(13-18)15-23-11-9-17(10-12-23)22-20-8-7-19(25-2)14-21(20)26-3/h4-8,13-14,17,22H,9-12,15H2,1-3H3. The number of likely N-dealkylation sites (tertiary alicyclic amines) is 1. The number of methoxy groups -OCH3 is 3. The number of piperidine rings is 1. The molecule has 2 aromatic rings. The fourth-order valence-electron chi connectivity index (χ4n) is 3.40. The number of anilines is 1. The molecular weight excluding hydrogens is 328 g/mol. The SMILES string of the molecule is COc1cccc(CN2CCC(Nc3ccc(OC)cc3OC)CC2)c1. The Morgan fingerprint density at radius 2 is 1.65 bits per heavy atom. The second kappa shape index (κ2) is 8.81. The predicted octanol–water partition coefficient (Wildman–Crippen LogP) is 3.79. The van der Waals surface area contributed by atoms with Gasteiger partial charge in [0.05, 0.1) is 27.0 Å². The monoisotopic (exact) mass is 356 g/mol. The molecular formula is C21H28N2O3. The Labute approximate surface area is 155 Å². The van der Waals surface area contributed by atoms with E-state index in [2.05, 4.69) is 28.4 Å².